The van der Waals surface area contributed by atoms with E-state index < -0.39 is 0 Å². The van der Waals surface area contributed by atoms with Crippen LogP contribution in [0.15, 0.2) is 42.5 Å². The molecule has 0 radical (unpaired) electrons. The molecule has 7 heteroatoms. The lowest BCUT2D eigenvalue weighted by molar-refractivity contribution is 0.285. The normalized spacial score (nSPS) is 14.8. The van der Waals surface area contributed by atoms with Crippen molar-refractivity contribution < 1.29 is 9.47 Å². The fourth-order valence-corrected chi connectivity index (χ4v) is 4.54. The van der Waals surface area contributed by atoms with Gasteiger partial charge in [0.2, 0.25) is 5.28 Å². The molecule has 5 nitrogen and oxygen atoms in total. The van der Waals surface area contributed by atoms with Gasteiger partial charge < -0.3 is 14.8 Å². The topological polar surface area (TPSA) is 56.3 Å². The molecule has 1 aliphatic rings. The van der Waals surface area contributed by atoms with Crippen molar-refractivity contribution in [3.8, 4) is 11.5 Å². The summed E-state index contributed by atoms with van der Waals surface area (Å²) in [5.41, 5.74) is 1.82. The van der Waals surface area contributed by atoms with E-state index in [9.17, 15) is 0 Å². The Bertz CT molecular complexity index is 949. The van der Waals surface area contributed by atoms with Gasteiger partial charge in [0, 0.05) is 17.5 Å². The quantitative estimate of drug-likeness (QED) is 0.560. The molecule has 1 aliphatic heterocycles. The van der Waals surface area contributed by atoms with E-state index in [1.165, 1.54) is 0 Å². The van der Waals surface area contributed by atoms with Gasteiger partial charge in [-0.3, -0.25) is 0 Å². The number of benzene rings is 2. The van der Waals surface area contributed by atoms with Crippen LogP contribution in [-0.4, -0.2) is 34.6 Å². The lowest BCUT2D eigenvalue weighted by Gasteiger charge is -2.24. The van der Waals surface area contributed by atoms with Gasteiger partial charge in [-0.15, -0.1) is 0 Å². The van der Waals surface area contributed by atoms with Gasteiger partial charge in [0.1, 0.15) is 12.4 Å². The van der Waals surface area contributed by atoms with Gasteiger partial charge >= 0.3 is 0 Å². The van der Waals surface area contributed by atoms with Crippen LogP contribution in [-0.2, 0) is 6.61 Å². The first-order valence-electron chi connectivity index (χ1n) is 9.29. The van der Waals surface area contributed by atoms with Crippen molar-refractivity contribution in [2.24, 2.45) is 0 Å². The number of methoxy groups -OCH3 is 1. The summed E-state index contributed by atoms with van der Waals surface area (Å²) in [6.45, 7) is 0.451. The van der Waals surface area contributed by atoms with Crippen LogP contribution >= 0.6 is 23.4 Å². The SMILES string of the molecule is COc1cc2c(NC3CCSCC3)nc(Cl)nc2cc1OCc1ccccc1. The van der Waals surface area contributed by atoms with Crippen LogP contribution in [0.5, 0.6) is 11.5 Å². The molecular formula is C21H22ClN3O2S. The second-order valence-electron chi connectivity index (χ2n) is 6.67. The number of nitrogens with zero attached hydrogens (tertiary/aromatic N) is 2. The highest BCUT2D eigenvalue weighted by Crippen LogP contribution is 2.36. The maximum atomic E-state index is 6.20. The zero-order valence-electron chi connectivity index (χ0n) is 15.7. The number of hydrogen-bond acceptors (Lipinski definition) is 6. The van der Waals surface area contributed by atoms with E-state index in [2.05, 4.69) is 15.3 Å². The summed E-state index contributed by atoms with van der Waals surface area (Å²) in [6, 6.07) is 14.2. The van der Waals surface area contributed by atoms with Crippen LogP contribution in [0.4, 0.5) is 5.82 Å². The Labute approximate surface area is 173 Å². The summed E-state index contributed by atoms with van der Waals surface area (Å²) in [5.74, 6) is 4.36. The minimum absolute atomic E-state index is 0.222. The smallest absolute Gasteiger partial charge is 0.224 e. The molecule has 0 unspecified atom stereocenters. The van der Waals surface area contributed by atoms with Crippen LogP contribution in [0, 0.1) is 0 Å². The third kappa shape index (κ3) is 4.45. The van der Waals surface area contributed by atoms with Crippen molar-refractivity contribution in [3.05, 3.63) is 53.3 Å². The van der Waals surface area contributed by atoms with Crippen LogP contribution in [0.25, 0.3) is 10.9 Å². The summed E-state index contributed by atoms with van der Waals surface area (Å²) in [7, 11) is 1.64. The van der Waals surface area contributed by atoms with Crippen molar-refractivity contribution in [1.82, 2.24) is 9.97 Å². The molecule has 1 saturated heterocycles. The number of thioether (sulfide) groups is 1. The Morgan fingerprint density at radius 3 is 2.64 bits per heavy atom. The lowest BCUT2D eigenvalue weighted by Crippen LogP contribution is -2.25. The molecule has 146 valence electrons. The average Bonchev–Trinajstić information content (AvgIpc) is 2.73. The van der Waals surface area contributed by atoms with Crippen LogP contribution in [0.3, 0.4) is 0 Å². The summed E-state index contributed by atoms with van der Waals surface area (Å²) in [4.78, 5) is 8.83. The first-order chi connectivity index (χ1) is 13.7. The van der Waals surface area contributed by atoms with Crippen LogP contribution < -0.4 is 14.8 Å². The fourth-order valence-electron chi connectivity index (χ4n) is 3.26. The predicted octanol–water partition coefficient (Wildman–Crippen LogP) is 5.18. The highest BCUT2D eigenvalue weighted by molar-refractivity contribution is 7.99. The number of anilines is 1. The molecule has 0 bridgehead atoms. The van der Waals surface area contributed by atoms with E-state index >= 15 is 0 Å². The predicted molar refractivity (Wildman–Crippen MR) is 116 cm³/mol. The third-order valence-corrected chi connectivity index (χ3v) is 5.97. The minimum atomic E-state index is 0.222. The van der Waals surface area contributed by atoms with Crippen LogP contribution in [0.2, 0.25) is 5.28 Å². The highest BCUT2D eigenvalue weighted by Gasteiger charge is 2.18. The molecule has 0 aliphatic carbocycles. The molecule has 2 aromatic carbocycles. The number of fused-ring (bicyclic) bond motifs is 1. The van der Waals surface area contributed by atoms with E-state index in [0.29, 0.717) is 24.1 Å². The van der Waals surface area contributed by atoms with Gasteiger partial charge in [0.05, 0.1) is 12.6 Å². The van der Waals surface area contributed by atoms with E-state index in [1.54, 1.807) is 7.11 Å². The number of rotatable bonds is 6. The molecule has 1 N–H and O–H groups in total. The highest BCUT2D eigenvalue weighted by atomic mass is 35.5. The Kier molecular flexibility index (Phi) is 6.07. The number of hydrogen-bond donors (Lipinski definition) is 1. The maximum Gasteiger partial charge on any atom is 0.224 e. The van der Waals surface area contributed by atoms with Gasteiger partial charge in [0.15, 0.2) is 11.5 Å². The van der Waals surface area contributed by atoms with Crippen molar-refractivity contribution in [1.29, 1.82) is 0 Å². The Morgan fingerprint density at radius 1 is 1.11 bits per heavy atom. The minimum Gasteiger partial charge on any atom is -0.493 e. The number of aromatic nitrogens is 2. The molecule has 1 fully saturated rings. The van der Waals surface area contributed by atoms with E-state index in [-0.39, 0.29) is 5.28 Å². The Hall–Kier alpha value is -2.18. The molecule has 0 saturated carbocycles. The van der Waals surface area contributed by atoms with Gasteiger partial charge in [-0.25, -0.2) is 9.97 Å². The Morgan fingerprint density at radius 2 is 1.89 bits per heavy atom. The molecule has 0 spiro atoms. The zero-order chi connectivity index (χ0) is 19.3. The number of halogens is 1. The molecule has 1 aromatic heterocycles. The second kappa shape index (κ2) is 8.88. The molecule has 0 atom stereocenters. The van der Waals surface area contributed by atoms with Crippen molar-refractivity contribution >= 4 is 40.1 Å². The van der Waals surface area contributed by atoms with Gasteiger partial charge in [-0.05, 0) is 47.6 Å². The van der Waals surface area contributed by atoms with Gasteiger partial charge in [-0.1, -0.05) is 30.3 Å². The summed E-state index contributed by atoms with van der Waals surface area (Å²) >= 11 is 8.19. The van der Waals surface area contributed by atoms with Crippen molar-refractivity contribution in [3.63, 3.8) is 0 Å². The molecule has 3 aromatic rings. The summed E-state index contributed by atoms with van der Waals surface area (Å²) in [6.07, 6.45) is 2.23. The molecule has 4 rings (SSSR count). The first kappa shape index (κ1) is 19.2. The lowest BCUT2D eigenvalue weighted by atomic mass is 10.1. The largest absolute Gasteiger partial charge is 0.493 e. The molecule has 28 heavy (non-hydrogen) atoms. The number of nitrogens with one attached hydrogen (secondary N) is 1. The van der Waals surface area contributed by atoms with Crippen molar-refractivity contribution in [2.45, 2.75) is 25.5 Å². The summed E-state index contributed by atoms with van der Waals surface area (Å²) in [5, 5.41) is 4.65. The van der Waals surface area contributed by atoms with E-state index in [0.717, 1.165) is 46.6 Å². The van der Waals surface area contributed by atoms with Gasteiger partial charge in [0.25, 0.3) is 0 Å². The Balaban J connectivity index is 1.64. The maximum absolute atomic E-state index is 6.20. The van der Waals surface area contributed by atoms with Crippen molar-refractivity contribution in [2.75, 3.05) is 23.9 Å². The standard InChI is InChI=1S/C21H22ClN3O2S/c1-26-18-11-16-17(12-19(18)27-13-14-5-3-2-4-6-14)24-21(22)25-20(16)23-15-7-9-28-10-8-15/h2-6,11-12,15H,7-10,13H2,1H3,(H,23,24,25). The van der Waals surface area contributed by atoms with E-state index in [4.69, 9.17) is 21.1 Å². The molecular weight excluding hydrogens is 394 g/mol. The second-order valence-corrected chi connectivity index (χ2v) is 8.23. The average molecular weight is 416 g/mol. The first-order valence-corrected chi connectivity index (χ1v) is 10.8. The van der Waals surface area contributed by atoms with E-state index in [1.807, 2.05) is 54.2 Å². The number of ether oxygens (including phenoxy) is 2. The van der Waals surface area contributed by atoms with Crippen LogP contribution in [0.1, 0.15) is 18.4 Å². The fraction of sp³-hybridized carbons (Fsp3) is 0.333. The zero-order valence-corrected chi connectivity index (χ0v) is 17.2. The van der Waals surface area contributed by atoms with Gasteiger partial charge in [-0.2, -0.15) is 11.8 Å². The summed E-state index contributed by atoms with van der Waals surface area (Å²) < 4.78 is 11.6. The molecule has 2 heterocycles. The third-order valence-electron chi connectivity index (χ3n) is 4.75. The molecule has 0 amide bonds. The monoisotopic (exact) mass is 415 g/mol.